The number of fused-ring (bicyclic) bond motifs is 1. The summed E-state index contributed by atoms with van der Waals surface area (Å²) in [6, 6.07) is 0. The van der Waals surface area contributed by atoms with E-state index in [1.54, 1.807) is 4.57 Å². The average Bonchev–Trinajstić information content (AvgIpc) is 3.08. The van der Waals surface area contributed by atoms with Gasteiger partial charge in [-0.25, -0.2) is 22.3 Å². The lowest BCUT2D eigenvalue weighted by Crippen LogP contribution is -2.23. The first-order valence-electron chi connectivity index (χ1n) is 6.73. The van der Waals surface area contributed by atoms with Gasteiger partial charge in [0.25, 0.3) is 0 Å². The second kappa shape index (κ2) is 6.34. The van der Waals surface area contributed by atoms with Gasteiger partial charge in [-0.1, -0.05) is 0 Å². The highest BCUT2D eigenvalue weighted by Gasteiger charge is 2.26. The number of imidazole rings is 1. The summed E-state index contributed by atoms with van der Waals surface area (Å²) in [4.78, 5) is 8.44. The molecule has 0 saturated carbocycles. The van der Waals surface area contributed by atoms with E-state index in [1.165, 1.54) is 26.5 Å². The maximum Gasteiger partial charge on any atom is 0.246 e. The number of anilines is 1. The highest BCUT2D eigenvalue weighted by atomic mass is 35.5. The van der Waals surface area contributed by atoms with Crippen LogP contribution in [-0.4, -0.2) is 51.7 Å². The van der Waals surface area contributed by atoms with Gasteiger partial charge >= 0.3 is 0 Å². The quantitative estimate of drug-likeness (QED) is 0.708. The summed E-state index contributed by atoms with van der Waals surface area (Å²) in [6.07, 6.45) is 2.79. The molecule has 130 valence electrons. The van der Waals surface area contributed by atoms with Crippen LogP contribution >= 0.6 is 12.4 Å². The Bertz CT molecular complexity index is 980. The monoisotopic (exact) mass is 373 g/mol. The third-order valence-electron chi connectivity index (χ3n) is 3.42. The van der Waals surface area contributed by atoms with Crippen LogP contribution in [0.15, 0.2) is 21.9 Å². The van der Waals surface area contributed by atoms with Crippen molar-refractivity contribution in [3.05, 3.63) is 12.4 Å². The zero-order valence-corrected chi connectivity index (χ0v) is 14.8. The van der Waals surface area contributed by atoms with Crippen molar-refractivity contribution in [2.45, 2.75) is 18.4 Å². The first-order chi connectivity index (χ1) is 10.9. The number of hydrogen-bond acceptors (Lipinski definition) is 8. The van der Waals surface area contributed by atoms with Crippen molar-refractivity contribution in [1.82, 2.24) is 29.2 Å². The summed E-state index contributed by atoms with van der Waals surface area (Å²) < 4.78 is 32.5. The molecule has 0 saturated heterocycles. The van der Waals surface area contributed by atoms with Gasteiger partial charge in [-0.15, -0.1) is 12.4 Å². The third-order valence-corrected chi connectivity index (χ3v) is 5.23. The van der Waals surface area contributed by atoms with Gasteiger partial charge in [0.15, 0.2) is 17.3 Å². The molecule has 3 rings (SSSR count). The lowest BCUT2D eigenvalue weighted by molar-refractivity contribution is 0.310. The Labute approximate surface area is 144 Å². The number of halogens is 1. The second-order valence-corrected chi connectivity index (χ2v) is 7.09. The lowest BCUT2D eigenvalue weighted by atomic mass is 10.4. The molecule has 12 heteroatoms. The molecule has 10 nitrogen and oxygen atoms in total. The van der Waals surface area contributed by atoms with Crippen LogP contribution in [0, 0.1) is 0 Å². The second-order valence-electron chi connectivity index (χ2n) is 4.97. The van der Waals surface area contributed by atoms with Crippen LogP contribution in [0.5, 0.6) is 0 Å². The van der Waals surface area contributed by atoms with Crippen LogP contribution in [0.4, 0.5) is 5.82 Å². The number of nitrogen functional groups attached to an aromatic ring is 1. The Morgan fingerprint density at radius 1 is 1.29 bits per heavy atom. The molecule has 2 N–H and O–H groups in total. The molecule has 0 unspecified atom stereocenters. The topological polar surface area (TPSA) is 133 Å². The van der Waals surface area contributed by atoms with Crippen molar-refractivity contribution in [1.29, 1.82) is 0 Å². The Morgan fingerprint density at radius 2 is 2.00 bits per heavy atom. The highest BCUT2D eigenvalue weighted by molar-refractivity contribution is 7.89. The van der Waals surface area contributed by atoms with Crippen molar-refractivity contribution in [2.24, 2.45) is 0 Å². The number of aromatic nitrogens is 5. The minimum atomic E-state index is -3.68. The number of pyridine rings is 1. The maximum absolute atomic E-state index is 12.6. The minimum absolute atomic E-state index is 0. The van der Waals surface area contributed by atoms with Crippen LogP contribution < -0.4 is 5.73 Å². The molecule has 0 spiro atoms. The Hall–Kier alpha value is -2.24. The summed E-state index contributed by atoms with van der Waals surface area (Å²) >= 11 is 0. The van der Waals surface area contributed by atoms with Gasteiger partial charge in [0, 0.05) is 26.8 Å². The number of nitrogens with zero attached hydrogens (tertiary/aromatic N) is 6. The van der Waals surface area contributed by atoms with Crippen molar-refractivity contribution >= 4 is 39.3 Å². The third kappa shape index (κ3) is 2.60. The molecule has 0 atom stereocenters. The summed E-state index contributed by atoms with van der Waals surface area (Å²) in [5, 5.41) is 7.28. The molecule has 0 aliphatic carbocycles. The van der Waals surface area contributed by atoms with Gasteiger partial charge in [-0.3, -0.25) is 4.98 Å². The van der Waals surface area contributed by atoms with Gasteiger partial charge in [-0.05, 0) is 17.2 Å². The van der Waals surface area contributed by atoms with Crippen LogP contribution in [0.1, 0.15) is 6.92 Å². The molecule has 0 radical (unpaired) electrons. The Balaban J connectivity index is 0.00000208. The predicted octanol–water partition coefficient (Wildman–Crippen LogP) is 0.755. The molecule has 0 aliphatic rings. The number of nitrogens with two attached hydrogens (primary N) is 1. The van der Waals surface area contributed by atoms with Gasteiger partial charge in [0.05, 0.1) is 11.7 Å². The fourth-order valence-corrected chi connectivity index (χ4v) is 3.33. The Morgan fingerprint density at radius 3 is 2.54 bits per heavy atom. The van der Waals surface area contributed by atoms with Crippen molar-refractivity contribution in [3.63, 3.8) is 0 Å². The number of rotatable bonds is 4. The van der Waals surface area contributed by atoms with E-state index >= 15 is 0 Å². The molecular weight excluding hydrogens is 358 g/mol. The maximum atomic E-state index is 12.6. The number of sulfonamides is 1. The minimum Gasteiger partial charge on any atom is -0.379 e. The summed E-state index contributed by atoms with van der Waals surface area (Å²) in [6.45, 7) is 2.32. The Kier molecular flexibility index (Phi) is 4.78. The van der Waals surface area contributed by atoms with E-state index in [9.17, 15) is 8.42 Å². The van der Waals surface area contributed by atoms with Gasteiger partial charge < -0.3 is 10.3 Å². The van der Waals surface area contributed by atoms with Crippen LogP contribution in [0.2, 0.25) is 0 Å². The van der Waals surface area contributed by atoms with E-state index in [0.717, 1.165) is 4.31 Å². The molecule has 3 heterocycles. The summed E-state index contributed by atoms with van der Waals surface area (Å²) in [5.74, 6) is 0.462. The van der Waals surface area contributed by atoms with E-state index in [4.69, 9.17) is 5.73 Å². The molecule has 3 aromatic heterocycles. The van der Waals surface area contributed by atoms with Crippen molar-refractivity contribution < 1.29 is 13.0 Å². The highest BCUT2D eigenvalue weighted by Crippen LogP contribution is 2.30. The van der Waals surface area contributed by atoms with Crippen molar-refractivity contribution in [3.8, 4) is 11.5 Å². The molecule has 0 bridgehead atoms. The van der Waals surface area contributed by atoms with Gasteiger partial charge in [0.1, 0.15) is 10.4 Å². The summed E-state index contributed by atoms with van der Waals surface area (Å²) in [7, 11) is -0.763. The molecule has 0 aromatic carbocycles. The largest absolute Gasteiger partial charge is 0.379 e. The fourth-order valence-electron chi connectivity index (χ4n) is 2.28. The number of hydrogen-bond donors (Lipinski definition) is 1. The van der Waals surface area contributed by atoms with E-state index < -0.39 is 10.0 Å². The normalized spacial score (nSPS) is 11.8. The number of aryl methyl sites for hydroxylation is 1. The van der Waals surface area contributed by atoms with E-state index in [1.807, 2.05) is 6.92 Å². The molecule has 0 amide bonds. The molecular formula is C12H16ClN7O3S. The van der Waals surface area contributed by atoms with Crippen LogP contribution in [0.3, 0.4) is 0 Å². The van der Waals surface area contributed by atoms with Crippen molar-refractivity contribution in [2.75, 3.05) is 19.8 Å². The zero-order chi connectivity index (χ0) is 16.8. The first kappa shape index (κ1) is 18.1. The smallest absolute Gasteiger partial charge is 0.246 e. The average molecular weight is 374 g/mol. The molecule has 0 aliphatic heterocycles. The van der Waals surface area contributed by atoms with Gasteiger partial charge in [0.2, 0.25) is 10.0 Å². The SMILES string of the molecule is CCn1c(-c2nonc2N)nc2cncc(S(=O)(=O)N(C)C)c21.Cl. The fraction of sp³-hybridized carbons (Fsp3) is 0.333. The van der Waals surface area contributed by atoms with Crippen LogP contribution in [-0.2, 0) is 16.6 Å². The van der Waals surface area contributed by atoms with Gasteiger partial charge in [-0.2, -0.15) is 0 Å². The molecule has 3 aromatic rings. The van der Waals surface area contributed by atoms with E-state index in [-0.39, 0.29) is 28.8 Å². The standard InChI is InChI=1S/C12H15N7O3S.ClH/c1-4-19-10-7(15-12(19)9-11(13)17-22-16-9)5-14-6-8(10)23(20,21)18(2)3;/h5-6H,4H2,1-3H3,(H2,13,17);1H. The molecule has 24 heavy (non-hydrogen) atoms. The molecule has 0 fully saturated rings. The summed E-state index contributed by atoms with van der Waals surface area (Å²) in [5.41, 5.74) is 6.85. The first-order valence-corrected chi connectivity index (χ1v) is 8.17. The van der Waals surface area contributed by atoms with E-state index in [0.29, 0.717) is 23.4 Å². The van der Waals surface area contributed by atoms with E-state index in [2.05, 4.69) is 24.9 Å². The zero-order valence-electron chi connectivity index (χ0n) is 13.2. The lowest BCUT2D eigenvalue weighted by Gasteiger charge is -2.13. The predicted molar refractivity (Wildman–Crippen MR) is 89.0 cm³/mol. The van der Waals surface area contributed by atoms with Crippen LogP contribution in [0.25, 0.3) is 22.6 Å².